The van der Waals surface area contributed by atoms with Crippen LogP contribution >= 0.6 is 0 Å². The summed E-state index contributed by atoms with van der Waals surface area (Å²) in [5.74, 6) is 0. The maximum Gasteiger partial charge on any atom is 0.0992 e. The zero-order chi connectivity index (χ0) is 9.19. The molecule has 1 aromatic rings. The maximum atomic E-state index is 9.85. The first-order valence-electron chi connectivity index (χ1n) is 4.06. The first-order valence-corrected chi connectivity index (χ1v) is 4.06. The summed E-state index contributed by atoms with van der Waals surface area (Å²) in [6.45, 7) is 3.95. The Balaban J connectivity index is 3.10. The largest absolute Gasteiger partial charge is 0.384 e. The highest BCUT2D eigenvalue weighted by Crippen LogP contribution is 2.21. The second-order valence-corrected chi connectivity index (χ2v) is 3.29. The van der Waals surface area contributed by atoms with Crippen molar-refractivity contribution in [1.29, 1.82) is 0 Å². The minimum atomic E-state index is -0.897. The number of nitrogens with two attached hydrogens (primary N) is 1. The van der Waals surface area contributed by atoms with Crippen molar-refractivity contribution in [2.45, 2.75) is 19.4 Å². The molecule has 66 valence electrons. The molecule has 0 bridgehead atoms. The third-order valence-electron chi connectivity index (χ3n) is 2.12. The van der Waals surface area contributed by atoms with Crippen molar-refractivity contribution in [2.24, 2.45) is 5.73 Å². The van der Waals surface area contributed by atoms with Crippen molar-refractivity contribution in [1.82, 2.24) is 0 Å². The highest BCUT2D eigenvalue weighted by atomic mass is 16.3. The van der Waals surface area contributed by atoms with Gasteiger partial charge in [-0.15, -0.1) is 0 Å². The molecule has 1 aromatic carbocycles. The minimum absolute atomic E-state index is 0.248. The van der Waals surface area contributed by atoms with E-state index in [0.717, 1.165) is 11.1 Å². The third kappa shape index (κ3) is 1.65. The van der Waals surface area contributed by atoms with Crippen LogP contribution in [0, 0.1) is 6.92 Å². The van der Waals surface area contributed by atoms with E-state index in [4.69, 9.17) is 5.73 Å². The predicted octanol–water partition coefficient (Wildman–Crippen LogP) is 1.16. The van der Waals surface area contributed by atoms with E-state index in [0.29, 0.717) is 0 Å². The normalized spacial score (nSPS) is 15.7. The van der Waals surface area contributed by atoms with E-state index in [1.165, 1.54) is 0 Å². The summed E-state index contributed by atoms with van der Waals surface area (Å²) < 4.78 is 0. The average molecular weight is 165 g/mol. The zero-order valence-corrected chi connectivity index (χ0v) is 7.54. The summed E-state index contributed by atoms with van der Waals surface area (Å²) in [6, 6.07) is 7.74. The Kier molecular flexibility index (Phi) is 2.50. The zero-order valence-electron chi connectivity index (χ0n) is 7.54. The average Bonchev–Trinajstić information content (AvgIpc) is 2.05. The second-order valence-electron chi connectivity index (χ2n) is 3.29. The highest BCUT2D eigenvalue weighted by molar-refractivity contribution is 5.30. The van der Waals surface area contributed by atoms with Crippen molar-refractivity contribution in [3.05, 3.63) is 35.4 Å². The Hall–Kier alpha value is -0.860. The predicted molar refractivity (Wildman–Crippen MR) is 49.8 cm³/mol. The first kappa shape index (κ1) is 9.23. The summed E-state index contributed by atoms with van der Waals surface area (Å²) in [6.07, 6.45) is 0. The number of hydrogen-bond donors (Lipinski definition) is 2. The molecular weight excluding hydrogens is 150 g/mol. The van der Waals surface area contributed by atoms with Gasteiger partial charge in [-0.2, -0.15) is 0 Å². The van der Waals surface area contributed by atoms with Crippen molar-refractivity contribution < 1.29 is 5.11 Å². The molecule has 1 rings (SSSR count). The summed E-state index contributed by atoms with van der Waals surface area (Å²) in [4.78, 5) is 0. The van der Waals surface area contributed by atoms with Crippen LogP contribution in [0.4, 0.5) is 0 Å². The van der Waals surface area contributed by atoms with Gasteiger partial charge in [0, 0.05) is 6.54 Å². The monoisotopic (exact) mass is 165 g/mol. The lowest BCUT2D eigenvalue weighted by Gasteiger charge is -2.23. The van der Waals surface area contributed by atoms with Crippen LogP contribution in [0.2, 0.25) is 0 Å². The topological polar surface area (TPSA) is 46.2 Å². The number of aliphatic hydroxyl groups is 1. The van der Waals surface area contributed by atoms with E-state index in [9.17, 15) is 5.11 Å². The van der Waals surface area contributed by atoms with Gasteiger partial charge in [-0.25, -0.2) is 0 Å². The van der Waals surface area contributed by atoms with Crippen LogP contribution in [0.15, 0.2) is 24.3 Å². The first-order chi connectivity index (χ1) is 5.58. The van der Waals surface area contributed by atoms with Crippen LogP contribution in [-0.4, -0.2) is 11.7 Å². The van der Waals surface area contributed by atoms with E-state index in [1.54, 1.807) is 6.92 Å². The molecule has 0 radical (unpaired) electrons. The molecule has 0 aromatic heterocycles. The van der Waals surface area contributed by atoms with Gasteiger partial charge in [0.15, 0.2) is 0 Å². The molecule has 0 aliphatic heterocycles. The Morgan fingerprint density at radius 1 is 1.42 bits per heavy atom. The van der Waals surface area contributed by atoms with E-state index in [-0.39, 0.29) is 6.54 Å². The lowest BCUT2D eigenvalue weighted by atomic mass is 9.92. The summed E-state index contributed by atoms with van der Waals surface area (Å²) in [5, 5.41) is 9.85. The summed E-state index contributed by atoms with van der Waals surface area (Å²) in [7, 11) is 0. The van der Waals surface area contributed by atoms with Gasteiger partial charge >= 0.3 is 0 Å². The van der Waals surface area contributed by atoms with Gasteiger partial charge in [0.2, 0.25) is 0 Å². The lowest BCUT2D eigenvalue weighted by molar-refractivity contribution is 0.0662. The number of benzene rings is 1. The lowest BCUT2D eigenvalue weighted by Crippen LogP contribution is -2.31. The van der Waals surface area contributed by atoms with Crippen LogP contribution in [0.5, 0.6) is 0 Å². The van der Waals surface area contributed by atoms with Crippen LogP contribution in [-0.2, 0) is 5.60 Å². The molecule has 0 aliphatic rings. The Bertz CT molecular complexity index is 268. The fraction of sp³-hybridized carbons (Fsp3) is 0.400. The molecule has 3 N–H and O–H groups in total. The quantitative estimate of drug-likeness (QED) is 0.690. The van der Waals surface area contributed by atoms with Gasteiger partial charge in [0.25, 0.3) is 0 Å². The van der Waals surface area contributed by atoms with E-state index in [2.05, 4.69) is 0 Å². The molecule has 0 fully saturated rings. The van der Waals surface area contributed by atoms with Gasteiger partial charge in [-0.05, 0) is 25.0 Å². The van der Waals surface area contributed by atoms with E-state index < -0.39 is 5.60 Å². The Morgan fingerprint density at radius 3 is 2.50 bits per heavy atom. The van der Waals surface area contributed by atoms with Crippen molar-refractivity contribution in [3.8, 4) is 0 Å². The smallest absolute Gasteiger partial charge is 0.0992 e. The fourth-order valence-corrected chi connectivity index (χ4v) is 1.29. The third-order valence-corrected chi connectivity index (χ3v) is 2.12. The van der Waals surface area contributed by atoms with E-state index >= 15 is 0 Å². The van der Waals surface area contributed by atoms with Gasteiger partial charge in [0.1, 0.15) is 0 Å². The molecule has 0 saturated heterocycles. The van der Waals surface area contributed by atoms with Gasteiger partial charge in [-0.1, -0.05) is 24.3 Å². The van der Waals surface area contributed by atoms with Crippen LogP contribution in [0.25, 0.3) is 0 Å². The van der Waals surface area contributed by atoms with E-state index in [1.807, 2.05) is 31.2 Å². The highest BCUT2D eigenvalue weighted by Gasteiger charge is 2.21. The second kappa shape index (κ2) is 3.25. The number of aryl methyl sites for hydroxylation is 1. The molecule has 2 heteroatoms. The number of rotatable bonds is 2. The number of hydrogen-bond acceptors (Lipinski definition) is 2. The Labute approximate surface area is 73.0 Å². The molecule has 12 heavy (non-hydrogen) atoms. The van der Waals surface area contributed by atoms with Gasteiger partial charge in [0.05, 0.1) is 5.60 Å². The molecule has 0 aliphatic carbocycles. The Morgan fingerprint density at radius 2 is 2.00 bits per heavy atom. The molecule has 0 heterocycles. The van der Waals surface area contributed by atoms with Crippen LogP contribution in [0.1, 0.15) is 18.1 Å². The standard InChI is InChI=1S/C10H15NO/c1-8-5-3-4-6-9(8)10(2,12)7-11/h3-6,12H,7,11H2,1-2H3. The SMILES string of the molecule is Cc1ccccc1C(C)(O)CN. The van der Waals surface area contributed by atoms with Crippen molar-refractivity contribution >= 4 is 0 Å². The molecule has 0 spiro atoms. The molecule has 0 amide bonds. The van der Waals surface area contributed by atoms with Gasteiger partial charge < -0.3 is 10.8 Å². The van der Waals surface area contributed by atoms with Crippen LogP contribution in [0.3, 0.4) is 0 Å². The van der Waals surface area contributed by atoms with Gasteiger partial charge in [-0.3, -0.25) is 0 Å². The van der Waals surface area contributed by atoms with Crippen LogP contribution < -0.4 is 5.73 Å². The fourth-order valence-electron chi connectivity index (χ4n) is 1.29. The molecule has 1 unspecified atom stereocenters. The minimum Gasteiger partial charge on any atom is -0.384 e. The van der Waals surface area contributed by atoms with Crippen molar-refractivity contribution in [2.75, 3.05) is 6.54 Å². The summed E-state index contributed by atoms with van der Waals surface area (Å²) >= 11 is 0. The van der Waals surface area contributed by atoms with Crippen molar-refractivity contribution in [3.63, 3.8) is 0 Å². The molecular formula is C10H15NO. The molecule has 1 atom stereocenters. The molecule has 0 saturated carbocycles. The maximum absolute atomic E-state index is 9.85. The summed E-state index contributed by atoms with van der Waals surface area (Å²) in [5.41, 5.74) is 6.55. The molecule has 2 nitrogen and oxygen atoms in total.